The summed E-state index contributed by atoms with van der Waals surface area (Å²) in [6.07, 6.45) is 4.23. The van der Waals surface area contributed by atoms with Crippen molar-refractivity contribution in [3.8, 4) is 6.07 Å². The molecule has 0 spiro atoms. The van der Waals surface area contributed by atoms with Gasteiger partial charge in [-0.3, -0.25) is 9.78 Å². The fourth-order valence-corrected chi connectivity index (χ4v) is 4.01. The number of hydrogen-bond acceptors (Lipinski definition) is 5. The van der Waals surface area contributed by atoms with E-state index in [4.69, 9.17) is 4.74 Å². The number of pyridine rings is 1. The lowest BCUT2D eigenvalue weighted by Gasteiger charge is -2.36. The summed E-state index contributed by atoms with van der Waals surface area (Å²) >= 11 is 0. The quantitative estimate of drug-likeness (QED) is 0.761. The summed E-state index contributed by atoms with van der Waals surface area (Å²) in [6, 6.07) is 14.5. The fraction of sp³-hybridized carbons (Fsp3) is 0.440. The first kappa shape index (κ1) is 23.3. The second-order valence-electron chi connectivity index (χ2n) is 9.05. The highest BCUT2D eigenvalue weighted by molar-refractivity contribution is 5.87. The van der Waals surface area contributed by atoms with Gasteiger partial charge in [-0.15, -0.1) is 0 Å². The number of hydrogen-bond donors (Lipinski definition) is 1. The van der Waals surface area contributed by atoms with Crippen LogP contribution in [0, 0.1) is 17.2 Å². The number of alkyl carbamates (subject to hydrolysis) is 1. The van der Waals surface area contributed by atoms with Crippen LogP contribution in [-0.2, 0) is 9.53 Å². The first-order chi connectivity index (χ1) is 15.3. The third-order valence-corrected chi connectivity index (χ3v) is 5.55. The van der Waals surface area contributed by atoms with Crippen molar-refractivity contribution in [3.63, 3.8) is 0 Å². The van der Waals surface area contributed by atoms with Gasteiger partial charge in [0.25, 0.3) is 0 Å². The maximum Gasteiger partial charge on any atom is 0.408 e. The number of rotatable bonds is 5. The Balaban J connectivity index is 1.69. The van der Waals surface area contributed by atoms with Gasteiger partial charge >= 0.3 is 6.09 Å². The highest BCUT2D eigenvalue weighted by Crippen LogP contribution is 2.33. The number of amides is 2. The molecule has 1 unspecified atom stereocenters. The lowest BCUT2D eigenvalue weighted by Crippen LogP contribution is -2.47. The lowest BCUT2D eigenvalue weighted by molar-refractivity contribution is -0.135. The molecule has 3 rings (SSSR count). The van der Waals surface area contributed by atoms with Crippen LogP contribution < -0.4 is 5.32 Å². The van der Waals surface area contributed by atoms with Gasteiger partial charge in [0.05, 0.1) is 12.0 Å². The Bertz CT molecular complexity index is 943. The molecule has 7 nitrogen and oxygen atoms in total. The predicted octanol–water partition coefficient (Wildman–Crippen LogP) is 4.19. The Morgan fingerprint density at radius 2 is 1.78 bits per heavy atom. The van der Waals surface area contributed by atoms with E-state index < -0.39 is 17.7 Å². The van der Waals surface area contributed by atoms with Crippen molar-refractivity contribution in [2.75, 3.05) is 13.1 Å². The van der Waals surface area contributed by atoms with Crippen LogP contribution in [0.4, 0.5) is 4.79 Å². The minimum atomic E-state index is -0.826. The third-order valence-electron chi connectivity index (χ3n) is 5.55. The van der Waals surface area contributed by atoms with Gasteiger partial charge in [0.15, 0.2) is 0 Å². The Kier molecular flexibility index (Phi) is 7.47. The molecule has 0 bridgehead atoms. The van der Waals surface area contributed by atoms with Crippen molar-refractivity contribution in [1.29, 1.82) is 5.26 Å². The van der Waals surface area contributed by atoms with Gasteiger partial charge in [-0.1, -0.05) is 36.4 Å². The molecule has 1 saturated heterocycles. The third kappa shape index (κ3) is 6.07. The molecule has 1 aliphatic heterocycles. The van der Waals surface area contributed by atoms with E-state index in [9.17, 15) is 14.9 Å². The Morgan fingerprint density at radius 1 is 1.12 bits per heavy atom. The van der Waals surface area contributed by atoms with Crippen LogP contribution in [-0.4, -0.2) is 40.6 Å². The SMILES string of the molecule is CC(C)(C)OC(=O)N[C@@H](C(=O)N1CCC(C(C#N)c2cccnc2)CC1)c1ccccc1. The molecule has 0 saturated carbocycles. The summed E-state index contributed by atoms with van der Waals surface area (Å²) in [6.45, 7) is 6.41. The molecule has 2 atom stereocenters. The standard InChI is InChI=1S/C25H30N4O3/c1-25(2,3)32-24(31)28-22(19-8-5-4-6-9-19)23(30)29-14-11-18(12-15-29)21(16-26)20-10-7-13-27-17-20/h4-10,13,17-18,21-22H,11-12,14-15H2,1-3H3,(H,28,31)/t21?,22-/m1/s1. The molecule has 1 N–H and O–H groups in total. The molecule has 32 heavy (non-hydrogen) atoms. The van der Waals surface area contributed by atoms with Crippen LogP contribution in [0.15, 0.2) is 54.9 Å². The minimum absolute atomic E-state index is 0.155. The van der Waals surface area contributed by atoms with Gasteiger partial charge in [0.2, 0.25) is 5.91 Å². The number of ether oxygens (including phenoxy) is 1. The summed E-state index contributed by atoms with van der Waals surface area (Å²) in [7, 11) is 0. The van der Waals surface area contributed by atoms with Gasteiger partial charge in [0, 0.05) is 25.5 Å². The molecule has 1 aromatic carbocycles. The molecule has 1 aliphatic rings. The van der Waals surface area contributed by atoms with Crippen molar-refractivity contribution in [1.82, 2.24) is 15.2 Å². The van der Waals surface area contributed by atoms with Crippen molar-refractivity contribution in [2.45, 2.75) is 51.2 Å². The summed E-state index contributed by atoms with van der Waals surface area (Å²) in [5.74, 6) is -0.261. The van der Waals surface area contributed by atoms with Crippen LogP contribution in [0.5, 0.6) is 0 Å². The Labute approximate surface area is 189 Å². The largest absolute Gasteiger partial charge is 0.444 e. The van der Waals surface area contributed by atoms with Crippen molar-refractivity contribution >= 4 is 12.0 Å². The Hall–Kier alpha value is -3.40. The van der Waals surface area contributed by atoms with E-state index in [1.54, 1.807) is 38.1 Å². The molecule has 7 heteroatoms. The van der Waals surface area contributed by atoms with Crippen molar-refractivity contribution in [2.24, 2.45) is 5.92 Å². The lowest BCUT2D eigenvalue weighted by atomic mass is 9.81. The summed E-state index contributed by atoms with van der Waals surface area (Å²) in [5.41, 5.74) is 0.954. The summed E-state index contributed by atoms with van der Waals surface area (Å²) in [4.78, 5) is 31.7. The van der Waals surface area contributed by atoms with E-state index in [1.807, 2.05) is 42.5 Å². The zero-order valence-corrected chi connectivity index (χ0v) is 18.8. The monoisotopic (exact) mass is 434 g/mol. The second kappa shape index (κ2) is 10.3. The van der Waals surface area contributed by atoms with E-state index >= 15 is 0 Å². The molecule has 1 aromatic heterocycles. The average Bonchev–Trinajstić information content (AvgIpc) is 2.78. The average molecular weight is 435 g/mol. The molecule has 2 aromatic rings. The molecule has 0 radical (unpaired) electrons. The first-order valence-electron chi connectivity index (χ1n) is 10.9. The zero-order chi connectivity index (χ0) is 23.1. The smallest absolute Gasteiger partial charge is 0.408 e. The molecular formula is C25H30N4O3. The summed E-state index contributed by atoms with van der Waals surface area (Å²) in [5, 5.41) is 12.5. The van der Waals surface area contributed by atoms with Gasteiger partial charge in [-0.25, -0.2) is 4.79 Å². The zero-order valence-electron chi connectivity index (χ0n) is 18.8. The van der Waals surface area contributed by atoms with E-state index in [-0.39, 0.29) is 17.7 Å². The number of carbonyl (C=O) groups excluding carboxylic acids is 2. The number of piperidine rings is 1. The number of nitrogens with one attached hydrogen (secondary N) is 1. The number of nitriles is 1. The highest BCUT2D eigenvalue weighted by atomic mass is 16.6. The molecular weight excluding hydrogens is 404 g/mol. The van der Waals surface area contributed by atoms with Gasteiger partial charge in [-0.2, -0.15) is 5.26 Å². The number of aromatic nitrogens is 1. The van der Waals surface area contributed by atoms with Gasteiger partial charge < -0.3 is 15.0 Å². The summed E-state index contributed by atoms with van der Waals surface area (Å²) < 4.78 is 5.38. The molecule has 2 heterocycles. The van der Waals surface area contributed by atoms with Crippen LogP contribution in [0.3, 0.4) is 0 Å². The number of carbonyl (C=O) groups is 2. The van der Waals surface area contributed by atoms with E-state index in [0.29, 0.717) is 31.5 Å². The fourth-order valence-electron chi connectivity index (χ4n) is 4.01. The molecule has 2 amide bonds. The number of nitrogens with zero attached hydrogens (tertiary/aromatic N) is 3. The number of likely N-dealkylation sites (tertiary alicyclic amines) is 1. The Morgan fingerprint density at radius 3 is 2.34 bits per heavy atom. The molecule has 0 aliphatic carbocycles. The second-order valence-corrected chi connectivity index (χ2v) is 9.05. The van der Waals surface area contributed by atoms with Crippen LogP contribution >= 0.6 is 0 Å². The predicted molar refractivity (Wildman–Crippen MR) is 120 cm³/mol. The first-order valence-corrected chi connectivity index (χ1v) is 10.9. The molecule has 1 fully saturated rings. The maximum absolute atomic E-state index is 13.4. The van der Waals surface area contributed by atoms with Crippen LogP contribution in [0.25, 0.3) is 0 Å². The van der Waals surface area contributed by atoms with E-state index in [0.717, 1.165) is 5.56 Å². The van der Waals surface area contributed by atoms with Crippen LogP contribution in [0.1, 0.15) is 56.7 Å². The normalized spacial score (nSPS) is 16.5. The van der Waals surface area contributed by atoms with E-state index in [2.05, 4.69) is 16.4 Å². The van der Waals surface area contributed by atoms with Gasteiger partial charge in [0.1, 0.15) is 11.6 Å². The minimum Gasteiger partial charge on any atom is -0.444 e. The van der Waals surface area contributed by atoms with E-state index in [1.165, 1.54) is 0 Å². The number of benzene rings is 1. The van der Waals surface area contributed by atoms with Gasteiger partial charge in [-0.05, 0) is 56.7 Å². The van der Waals surface area contributed by atoms with Crippen molar-refractivity contribution < 1.29 is 14.3 Å². The highest BCUT2D eigenvalue weighted by Gasteiger charge is 2.34. The molecule has 168 valence electrons. The van der Waals surface area contributed by atoms with Crippen LogP contribution in [0.2, 0.25) is 0 Å². The topological polar surface area (TPSA) is 95.3 Å². The van der Waals surface area contributed by atoms with Crippen molar-refractivity contribution in [3.05, 3.63) is 66.0 Å². The maximum atomic E-state index is 13.4.